The van der Waals surface area contributed by atoms with Gasteiger partial charge in [0.2, 0.25) is 0 Å². The van der Waals surface area contributed by atoms with Gasteiger partial charge in [0.15, 0.2) is 10.9 Å². The van der Waals surface area contributed by atoms with Crippen LogP contribution >= 0.6 is 22.0 Å². The molecule has 0 aliphatic heterocycles. The normalized spacial score (nSPS) is 11.4. The zero-order valence-corrected chi connectivity index (χ0v) is 14.3. The van der Waals surface area contributed by atoms with E-state index in [1.54, 1.807) is 24.7 Å². The molecule has 0 spiro atoms. The van der Waals surface area contributed by atoms with Crippen LogP contribution in [0.4, 0.5) is 10.9 Å². The van der Waals surface area contributed by atoms with Gasteiger partial charge in [-0.1, -0.05) is 23.5 Å². The molecular weight excluding hydrogens is 356 g/mol. The first-order valence-corrected chi connectivity index (χ1v) is 9.61. The summed E-state index contributed by atoms with van der Waals surface area (Å²) in [6.45, 7) is 1.86. The van der Waals surface area contributed by atoms with Gasteiger partial charge in [-0.05, 0) is 24.6 Å². The fourth-order valence-electron chi connectivity index (χ4n) is 1.98. The molecule has 23 heavy (non-hydrogen) atoms. The van der Waals surface area contributed by atoms with E-state index >= 15 is 0 Å². The van der Waals surface area contributed by atoms with E-state index < -0.39 is 9.05 Å². The third-order valence-corrected chi connectivity index (χ3v) is 5.45. The molecule has 0 saturated carbocycles. The second-order valence-corrected chi connectivity index (χ2v) is 8.18. The number of aryl methyl sites for hydroxylation is 1. The third-order valence-electron chi connectivity index (χ3n) is 2.97. The molecule has 2 heterocycles. The Morgan fingerprint density at radius 3 is 2.78 bits per heavy atom. The maximum absolute atomic E-state index is 11.5. The van der Waals surface area contributed by atoms with Gasteiger partial charge in [-0.2, -0.15) is 0 Å². The van der Waals surface area contributed by atoms with E-state index in [0.717, 1.165) is 16.1 Å². The second-order valence-electron chi connectivity index (χ2n) is 4.61. The summed E-state index contributed by atoms with van der Waals surface area (Å²) in [5.74, 6) is 0.588. The average molecular weight is 367 g/mol. The van der Waals surface area contributed by atoms with Crippen molar-refractivity contribution in [1.29, 1.82) is 0 Å². The third kappa shape index (κ3) is 3.66. The van der Waals surface area contributed by atoms with Crippen molar-refractivity contribution in [3.05, 3.63) is 48.5 Å². The van der Waals surface area contributed by atoms with Crippen LogP contribution < -0.4 is 5.32 Å². The fraction of sp³-hybridized carbons (Fsp3) is 0.0714. The van der Waals surface area contributed by atoms with Gasteiger partial charge in [-0.3, -0.25) is 4.98 Å². The molecule has 3 rings (SSSR count). The molecule has 0 amide bonds. The smallest absolute Gasteiger partial charge is 0.261 e. The van der Waals surface area contributed by atoms with E-state index in [1.165, 1.54) is 23.5 Å². The molecule has 0 saturated heterocycles. The predicted molar refractivity (Wildman–Crippen MR) is 90.6 cm³/mol. The minimum atomic E-state index is -3.77. The molecule has 2 aromatic heterocycles. The Morgan fingerprint density at radius 1 is 1.26 bits per heavy atom. The molecule has 0 aliphatic carbocycles. The molecular formula is C14H11ClN4O2S2. The number of benzene rings is 1. The van der Waals surface area contributed by atoms with Crippen LogP contribution in [0, 0.1) is 6.92 Å². The largest absolute Gasteiger partial charge is 0.315 e. The summed E-state index contributed by atoms with van der Waals surface area (Å²) in [6.07, 6.45) is 4.76. The van der Waals surface area contributed by atoms with E-state index in [2.05, 4.69) is 20.3 Å². The maximum atomic E-state index is 11.5. The van der Waals surface area contributed by atoms with Crippen LogP contribution in [0.2, 0.25) is 0 Å². The van der Waals surface area contributed by atoms with Crippen LogP contribution in [0.1, 0.15) is 5.69 Å². The second kappa shape index (κ2) is 6.23. The summed E-state index contributed by atoms with van der Waals surface area (Å²) in [4.78, 5) is 13.5. The van der Waals surface area contributed by atoms with Gasteiger partial charge in [-0.25, -0.2) is 18.4 Å². The van der Waals surface area contributed by atoms with Crippen molar-refractivity contribution in [3.8, 4) is 10.4 Å². The number of anilines is 2. The van der Waals surface area contributed by atoms with Crippen LogP contribution in [0.15, 0.2) is 47.8 Å². The van der Waals surface area contributed by atoms with Gasteiger partial charge in [0.1, 0.15) is 0 Å². The monoisotopic (exact) mass is 366 g/mol. The molecule has 9 heteroatoms. The summed E-state index contributed by atoms with van der Waals surface area (Å²) in [7, 11) is 1.64. The van der Waals surface area contributed by atoms with Crippen molar-refractivity contribution in [2.75, 3.05) is 5.32 Å². The summed E-state index contributed by atoms with van der Waals surface area (Å²) >= 11 is 1.40. The van der Waals surface area contributed by atoms with Gasteiger partial charge in [0.25, 0.3) is 9.05 Å². The topological polar surface area (TPSA) is 84.8 Å². The van der Waals surface area contributed by atoms with Gasteiger partial charge < -0.3 is 5.32 Å². The summed E-state index contributed by atoms with van der Waals surface area (Å²) < 4.78 is 22.9. The molecule has 1 aromatic carbocycles. The predicted octanol–water partition coefficient (Wildman–Crippen LogP) is 3.58. The van der Waals surface area contributed by atoms with Crippen LogP contribution in [0.5, 0.6) is 0 Å². The maximum Gasteiger partial charge on any atom is 0.261 e. The first-order chi connectivity index (χ1) is 10.9. The summed E-state index contributed by atoms with van der Waals surface area (Å²) in [5, 5.41) is 3.72. The van der Waals surface area contributed by atoms with Gasteiger partial charge >= 0.3 is 0 Å². The molecule has 0 fully saturated rings. The van der Waals surface area contributed by atoms with Crippen LogP contribution in [0.25, 0.3) is 10.4 Å². The van der Waals surface area contributed by atoms with Crippen molar-refractivity contribution in [2.24, 2.45) is 0 Å². The van der Waals surface area contributed by atoms with E-state index in [-0.39, 0.29) is 4.90 Å². The lowest BCUT2D eigenvalue weighted by atomic mass is 10.2. The number of rotatable bonds is 4. The van der Waals surface area contributed by atoms with E-state index in [9.17, 15) is 8.42 Å². The number of nitrogens with one attached hydrogen (secondary N) is 1. The number of hydrogen-bond donors (Lipinski definition) is 1. The standard InChI is InChI=1S/C14H11ClN4O2S2/c1-9-13(10-3-2-4-11(7-10)23(15,20)21)22-14(18-9)19-12-8-16-5-6-17-12/h2-8H,1H3,(H,17,18,19). The van der Waals surface area contributed by atoms with Gasteiger partial charge in [0.05, 0.1) is 21.7 Å². The molecule has 6 nitrogen and oxygen atoms in total. The Balaban J connectivity index is 1.95. The average Bonchev–Trinajstić information content (AvgIpc) is 2.88. The first-order valence-electron chi connectivity index (χ1n) is 6.49. The Hall–Kier alpha value is -2.03. The highest BCUT2D eigenvalue weighted by molar-refractivity contribution is 8.13. The quantitative estimate of drug-likeness (QED) is 0.710. The number of thiazole rings is 1. The zero-order valence-electron chi connectivity index (χ0n) is 11.9. The minimum absolute atomic E-state index is 0.0629. The van der Waals surface area contributed by atoms with Crippen molar-refractivity contribution < 1.29 is 8.42 Å². The Labute approximate surface area is 141 Å². The van der Waals surface area contributed by atoms with Crippen molar-refractivity contribution in [3.63, 3.8) is 0 Å². The van der Waals surface area contributed by atoms with E-state index in [4.69, 9.17) is 10.7 Å². The van der Waals surface area contributed by atoms with Crippen LogP contribution in [0.3, 0.4) is 0 Å². The van der Waals surface area contributed by atoms with Crippen LogP contribution in [-0.4, -0.2) is 23.4 Å². The van der Waals surface area contributed by atoms with E-state index in [0.29, 0.717) is 10.9 Å². The fourth-order valence-corrected chi connectivity index (χ4v) is 3.75. The van der Waals surface area contributed by atoms with Crippen molar-refractivity contribution >= 4 is 42.0 Å². The first kappa shape index (κ1) is 15.9. The number of halogens is 1. The Morgan fingerprint density at radius 2 is 2.09 bits per heavy atom. The number of nitrogens with zero attached hydrogens (tertiary/aromatic N) is 3. The molecule has 1 N–H and O–H groups in total. The highest BCUT2D eigenvalue weighted by Crippen LogP contribution is 2.34. The molecule has 118 valence electrons. The lowest BCUT2D eigenvalue weighted by Gasteiger charge is -2.01. The molecule has 3 aromatic rings. The molecule has 0 bridgehead atoms. The highest BCUT2D eigenvalue weighted by atomic mass is 35.7. The Kier molecular flexibility index (Phi) is 4.29. The summed E-state index contributed by atoms with van der Waals surface area (Å²) in [6, 6.07) is 6.47. The number of aromatic nitrogens is 3. The van der Waals surface area contributed by atoms with Gasteiger partial charge in [0, 0.05) is 23.1 Å². The van der Waals surface area contributed by atoms with Crippen LogP contribution in [-0.2, 0) is 9.05 Å². The summed E-state index contributed by atoms with van der Waals surface area (Å²) in [5.41, 5.74) is 1.53. The number of hydrogen-bond acceptors (Lipinski definition) is 7. The SMILES string of the molecule is Cc1nc(Nc2cnccn2)sc1-c1cccc(S(=O)(=O)Cl)c1. The van der Waals surface area contributed by atoms with Crippen molar-refractivity contribution in [2.45, 2.75) is 11.8 Å². The zero-order chi connectivity index (χ0) is 16.4. The van der Waals surface area contributed by atoms with Gasteiger partial charge in [-0.15, -0.1) is 0 Å². The molecule has 0 unspecified atom stereocenters. The lowest BCUT2D eigenvalue weighted by molar-refractivity contribution is 0.609. The van der Waals surface area contributed by atoms with E-state index in [1.807, 2.05) is 13.0 Å². The van der Waals surface area contributed by atoms with Crippen molar-refractivity contribution in [1.82, 2.24) is 15.0 Å². The minimum Gasteiger partial charge on any atom is -0.315 e. The Bertz CT molecular complexity index is 942. The lowest BCUT2D eigenvalue weighted by Crippen LogP contribution is -1.92. The highest BCUT2D eigenvalue weighted by Gasteiger charge is 2.14. The molecule has 0 aliphatic rings. The molecule has 0 radical (unpaired) electrons. The molecule has 0 atom stereocenters.